The number of ether oxygens (including phenoxy) is 1. The number of amides is 3. The molecule has 2 saturated heterocycles. The van der Waals surface area contributed by atoms with Gasteiger partial charge in [0.15, 0.2) is 5.78 Å². The van der Waals surface area contributed by atoms with Crippen LogP contribution in [0.15, 0.2) is 48.0 Å². The summed E-state index contributed by atoms with van der Waals surface area (Å²) in [6.07, 6.45) is 4.72. The smallest absolute Gasteiger partial charge is 0.319 e. The van der Waals surface area contributed by atoms with Crippen LogP contribution >= 0.6 is 0 Å². The fraction of sp³-hybridized carbons (Fsp3) is 0.382. The Morgan fingerprint density at radius 3 is 2.31 bits per heavy atom. The number of morpholine rings is 1. The maximum absolute atomic E-state index is 13.8. The van der Waals surface area contributed by atoms with Crippen LogP contribution in [0.4, 0.5) is 16.2 Å². The molecule has 10 rings (SSSR count). The van der Waals surface area contributed by atoms with Crippen molar-refractivity contribution in [3.05, 3.63) is 70.6 Å². The molecule has 4 aromatic rings. The van der Waals surface area contributed by atoms with Gasteiger partial charge in [-0.05, 0) is 78.3 Å². The molecule has 3 fully saturated rings. The summed E-state index contributed by atoms with van der Waals surface area (Å²) >= 11 is 0. The Hall–Kier alpha value is -4.45. The first-order valence-corrected chi connectivity index (χ1v) is 15.9. The highest BCUT2D eigenvalue weighted by atomic mass is 16.6. The van der Waals surface area contributed by atoms with Gasteiger partial charge in [-0.3, -0.25) is 19.8 Å². The number of aromatic nitrogens is 2. The second-order valence-electron chi connectivity index (χ2n) is 13.5. The number of nitrogens with one attached hydrogen (secondary N) is 4. The van der Waals surface area contributed by atoms with Gasteiger partial charge in [0.25, 0.3) is 5.91 Å². The number of hydrogen-bond donors (Lipinski definition) is 5. The van der Waals surface area contributed by atoms with E-state index in [1.807, 2.05) is 41.3 Å². The van der Waals surface area contributed by atoms with Crippen LogP contribution in [0, 0.1) is 5.92 Å². The van der Waals surface area contributed by atoms with Crippen molar-refractivity contribution in [1.29, 1.82) is 0 Å². The predicted molar refractivity (Wildman–Crippen MR) is 169 cm³/mol. The van der Waals surface area contributed by atoms with Crippen LogP contribution in [0.2, 0.25) is 0 Å². The van der Waals surface area contributed by atoms with E-state index in [4.69, 9.17) is 10.5 Å². The average molecular weight is 604 g/mol. The van der Waals surface area contributed by atoms with E-state index < -0.39 is 12.1 Å². The predicted octanol–water partition coefficient (Wildman–Crippen LogP) is 2.89. The molecule has 6 atom stereocenters. The quantitative estimate of drug-likeness (QED) is 0.138. The van der Waals surface area contributed by atoms with Crippen molar-refractivity contribution in [2.45, 2.75) is 56.0 Å². The van der Waals surface area contributed by atoms with Crippen LogP contribution in [0.5, 0.6) is 0 Å². The first-order valence-electron chi connectivity index (χ1n) is 15.9. The maximum Gasteiger partial charge on any atom is 0.319 e. The SMILES string of the molecule is CC1CC2NC(C(=O)c3cc4c5c(ccc4[nH]3)N(C(=O)c3cc4c6c(ccc4[nH]3)N(C(N)=O)CC6)CC5)C=C2C23OC2CNC13. The number of carbonyl (C=O) groups is 3. The molecular weight excluding hydrogens is 570 g/mol. The molecule has 6 unspecified atom stereocenters. The van der Waals surface area contributed by atoms with E-state index in [-0.39, 0.29) is 29.4 Å². The van der Waals surface area contributed by atoms with Gasteiger partial charge in [0.1, 0.15) is 17.4 Å². The van der Waals surface area contributed by atoms with E-state index in [0.29, 0.717) is 49.3 Å². The van der Waals surface area contributed by atoms with E-state index in [2.05, 4.69) is 33.6 Å². The highest BCUT2D eigenvalue weighted by molar-refractivity contribution is 6.12. The molecule has 45 heavy (non-hydrogen) atoms. The lowest BCUT2D eigenvalue weighted by molar-refractivity contribution is 0.0954. The van der Waals surface area contributed by atoms with Gasteiger partial charge in [-0.1, -0.05) is 13.0 Å². The van der Waals surface area contributed by atoms with Gasteiger partial charge in [0.05, 0.1) is 11.7 Å². The average Bonchev–Trinajstić information content (AvgIpc) is 3.75. The van der Waals surface area contributed by atoms with Crippen LogP contribution in [0.3, 0.4) is 0 Å². The van der Waals surface area contributed by atoms with Gasteiger partial charge < -0.3 is 30.7 Å². The van der Waals surface area contributed by atoms with Gasteiger partial charge in [-0.25, -0.2) is 4.79 Å². The Balaban J connectivity index is 0.939. The van der Waals surface area contributed by atoms with Gasteiger partial charge >= 0.3 is 6.03 Å². The Kier molecular flexibility index (Phi) is 4.95. The highest BCUT2D eigenvalue weighted by Crippen LogP contribution is 2.57. The molecule has 6 aliphatic rings. The molecule has 1 aliphatic carbocycles. The number of aromatic amines is 2. The molecule has 2 aromatic carbocycles. The monoisotopic (exact) mass is 603 g/mol. The lowest BCUT2D eigenvalue weighted by Gasteiger charge is -2.37. The molecule has 6 N–H and O–H groups in total. The molecule has 0 radical (unpaired) electrons. The number of H-pyrrole nitrogens is 2. The molecule has 7 heterocycles. The number of Topliss-reactive ketones (excluding diaryl/α,β-unsaturated/α-hetero) is 1. The van der Waals surface area contributed by atoms with Gasteiger partial charge in [-0.15, -0.1) is 0 Å². The fourth-order valence-corrected chi connectivity index (χ4v) is 9.24. The van der Waals surface area contributed by atoms with Crippen LogP contribution in [-0.4, -0.2) is 77.2 Å². The second-order valence-corrected chi connectivity index (χ2v) is 13.5. The number of epoxide rings is 1. The fourth-order valence-electron chi connectivity index (χ4n) is 9.24. The Morgan fingerprint density at radius 2 is 1.60 bits per heavy atom. The number of rotatable bonds is 3. The molecule has 228 valence electrons. The summed E-state index contributed by atoms with van der Waals surface area (Å²) in [5.74, 6) is 0.393. The summed E-state index contributed by atoms with van der Waals surface area (Å²) in [6.45, 7) is 4.24. The minimum Gasteiger partial charge on any atom is -0.358 e. The lowest BCUT2D eigenvalue weighted by atomic mass is 9.72. The van der Waals surface area contributed by atoms with Gasteiger partial charge in [0.2, 0.25) is 0 Å². The highest BCUT2D eigenvalue weighted by Gasteiger charge is 2.72. The first kappa shape index (κ1) is 25.8. The van der Waals surface area contributed by atoms with Crippen LogP contribution in [0.25, 0.3) is 21.8 Å². The van der Waals surface area contributed by atoms with Crippen molar-refractivity contribution in [3.63, 3.8) is 0 Å². The standard InChI is InChI=1S/C34H33N7O4/c1-15-10-23-20(34-29(45-34)14-36-31(15)34)13-25(39-23)30(42)24-11-18-16-6-8-40(27(16)4-2-21(18)37-24)32(43)26-12-19-17-7-9-41(33(35)44)28(17)5-3-22(19)38-26/h2-5,11-13,15,23,25,29,31,36-39H,6-10,14H2,1H3,(H2,35,44). The van der Waals surface area contributed by atoms with Crippen molar-refractivity contribution >= 4 is 50.9 Å². The molecular formula is C34H33N7O4. The van der Waals surface area contributed by atoms with Crippen molar-refractivity contribution < 1.29 is 19.1 Å². The van der Waals surface area contributed by atoms with Crippen LogP contribution in [-0.2, 0) is 17.6 Å². The maximum atomic E-state index is 13.8. The van der Waals surface area contributed by atoms with E-state index in [9.17, 15) is 14.4 Å². The number of benzene rings is 2. The lowest BCUT2D eigenvalue weighted by Crippen LogP contribution is -2.52. The Labute approximate surface area is 258 Å². The zero-order chi connectivity index (χ0) is 30.4. The number of hydrogen-bond acceptors (Lipinski definition) is 6. The topological polar surface area (TPSA) is 152 Å². The third-order valence-corrected chi connectivity index (χ3v) is 11.3. The number of nitrogens with zero attached hydrogens (tertiary/aromatic N) is 2. The molecule has 3 amide bonds. The molecule has 5 aliphatic heterocycles. The Bertz CT molecular complexity index is 2060. The Morgan fingerprint density at radius 1 is 0.933 bits per heavy atom. The van der Waals surface area contributed by atoms with Gasteiger partial charge in [0, 0.05) is 64.9 Å². The number of urea groups is 1. The number of primary amides is 1. The minimum absolute atomic E-state index is 0.0250. The first-order chi connectivity index (χ1) is 21.8. The normalized spacial score (nSPS) is 30.7. The third kappa shape index (κ3) is 3.32. The summed E-state index contributed by atoms with van der Waals surface area (Å²) in [4.78, 5) is 49.6. The molecule has 2 aromatic heterocycles. The summed E-state index contributed by atoms with van der Waals surface area (Å²) in [5, 5.41) is 9.17. The molecule has 1 spiro atoms. The van der Waals surface area contributed by atoms with E-state index in [1.54, 1.807) is 4.90 Å². The summed E-state index contributed by atoms with van der Waals surface area (Å²) in [6, 6.07) is 11.2. The van der Waals surface area contributed by atoms with E-state index >= 15 is 0 Å². The van der Waals surface area contributed by atoms with E-state index in [0.717, 1.165) is 57.3 Å². The summed E-state index contributed by atoms with van der Waals surface area (Å²) in [7, 11) is 0. The minimum atomic E-state index is -0.468. The molecule has 11 nitrogen and oxygen atoms in total. The zero-order valence-corrected chi connectivity index (χ0v) is 24.8. The molecule has 11 heteroatoms. The number of fused-ring (bicyclic) bond motifs is 7. The zero-order valence-electron chi connectivity index (χ0n) is 24.8. The number of nitrogens with two attached hydrogens (primary N) is 1. The molecule has 1 saturated carbocycles. The van der Waals surface area contributed by atoms with Crippen LogP contribution < -0.4 is 26.2 Å². The second kappa shape index (κ2) is 8.63. The number of carbonyl (C=O) groups excluding carboxylic acids is 3. The summed E-state index contributed by atoms with van der Waals surface area (Å²) < 4.78 is 6.23. The third-order valence-electron chi connectivity index (χ3n) is 11.3. The van der Waals surface area contributed by atoms with Crippen molar-refractivity contribution in [2.24, 2.45) is 11.7 Å². The van der Waals surface area contributed by atoms with Gasteiger partial charge in [-0.2, -0.15) is 0 Å². The summed E-state index contributed by atoms with van der Waals surface area (Å²) in [5.41, 5.74) is 13.2. The van der Waals surface area contributed by atoms with Crippen LogP contribution in [0.1, 0.15) is 45.4 Å². The van der Waals surface area contributed by atoms with Crippen molar-refractivity contribution in [1.82, 2.24) is 20.6 Å². The van der Waals surface area contributed by atoms with Crippen molar-refractivity contribution in [3.8, 4) is 0 Å². The largest absolute Gasteiger partial charge is 0.358 e. The van der Waals surface area contributed by atoms with E-state index in [1.165, 1.54) is 5.57 Å². The number of anilines is 2. The van der Waals surface area contributed by atoms with Crippen molar-refractivity contribution in [2.75, 3.05) is 29.4 Å². The number of ketones is 1. The molecule has 0 bridgehead atoms.